The summed E-state index contributed by atoms with van der Waals surface area (Å²) in [5.41, 5.74) is 1.95. The van der Waals surface area contributed by atoms with E-state index in [1.54, 1.807) is 24.3 Å². The quantitative estimate of drug-likeness (QED) is 0.426. The maximum atomic E-state index is 13.0. The molecule has 0 saturated carbocycles. The van der Waals surface area contributed by atoms with Gasteiger partial charge in [0.2, 0.25) is 9.84 Å². The summed E-state index contributed by atoms with van der Waals surface area (Å²) in [5.74, 6) is 0. The number of sulfone groups is 1. The Bertz CT molecular complexity index is 662. The Hall–Kier alpha value is -1.61. The van der Waals surface area contributed by atoms with Crippen molar-refractivity contribution >= 4 is 9.84 Å². The van der Waals surface area contributed by atoms with Gasteiger partial charge in [-0.3, -0.25) is 0 Å². The first-order chi connectivity index (χ1) is 11.0. The number of unbranched alkanes of at least 4 members (excludes halogenated alkanes) is 2. The predicted octanol–water partition coefficient (Wildman–Crippen LogP) is 5.76. The van der Waals surface area contributed by atoms with Crippen LogP contribution in [0, 0.1) is 6.92 Å². The van der Waals surface area contributed by atoms with Crippen molar-refractivity contribution in [1.82, 2.24) is 0 Å². The monoisotopic (exact) mass is 332 g/mol. The van der Waals surface area contributed by atoms with Crippen molar-refractivity contribution in [3.8, 4) is 0 Å². The highest BCUT2D eigenvalue weighted by molar-refractivity contribution is 7.95. The van der Waals surface area contributed by atoms with E-state index in [1.165, 1.54) is 0 Å². The van der Waals surface area contributed by atoms with Gasteiger partial charge >= 0.3 is 0 Å². The van der Waals surface area contributed by atoms with E-state index >= 15 is 0 Å². The number of hydrogen-bond donors (Lipinski definition) is 0. The van der Waals surface area contributed by atoms with Gasteiger partial charge in [-0.2, -0.15) is 0 Å². The molecular formula is C20H28O2S. The zero-order valence-electron chi connectivity index (χ0n) is 14.5. The second-order valence-corrected chi connectivity index (χ2v) is 7.60. The zero-order valence-corrected chi connectivity index (χ0v) is 15.3. The summed E-state index contributed by atoms with van der Waals surface area (Å²) in [5, 5.41) is 0. The molecule has 1 rings (SSSR count). The van der Waals surface area contributed by atoms with E-state index in [1.807, 2.05) is 32.1 Å². The molecule has 0 atom stereocenters. The minimum absolute atomic E-state index is 0.341. The summed E-state index contributed by atoms with van der Waals surface area (Å²) < 4.78 is 26.1. The Morgan fingerprint density at radius 1 is 1.13 bits per heavy atom. The number of rotatable bonds is 9. The molecule has 0 heterocycles. The van der Waals surface area contributed by atoms with E-state index in [2.05, 4.69) is 13.5 Å². The van der Waals surface area contributed by atoms with Crippen molar-refractivity contribution < 1.29 is 8.42 Å². The lowest BCUT2D eigenvalue weighted by Gasteiger charge is -2.13. The lowest BCUT2D eigenvalue weighted by Crippen LogP contribution is -2.08. The van der Waals surface area contributed by atoms with Gasteiger partial charge in [0, 0.05) is 0 Å². The first kappa shape index (κ1) is 19.4. The third kappa shape index (κ3) is 5.51. The fraction of sp³-hybridized carbons (Fsp3) is 0.400. The fourth-order valence-corrected chi connectivity index (χ4v) is 4.01. The van der Waals surface area contributed by atoms with E-state index in [9.17, 15) is 8.42 Å². The Kier molecular flexibility index (Phi) is 8.04. The van der Waals surface area contributed by atoms with Crippen molar-refractivity contribution in [3.05, 3.63) is 65.1 Å². The molecular weight excluding hydrogens is 304 g/mol. The first-order valence-corrected chi connectivity index (χ1v) is 9.79. The molecule has 0 saturated heterocycles. The van der Waals surface area contributed by atoms with Crippen LogP contribution in [0.2, 0.25) is 0 Å². The van der Waals surface area contributed by atoms with E-state index in [0.717, 1.165) is 43.2 Å². The van der Waals surface area contributed by atoms with Gasteiger partial charge in [0.1, 0.15) is 0 Å². The first-order valence-electron chi connectivity index (χ1n) is 8.31. The van der Waals surface area contributed by atoms with Gasteiger partial charge in [0.15, 0.2) is 0 Å². The molecule has 126 valence electrons. The van der Waals surface area contributed by atoms with Gasteiger partial charge in [0.05, 0.1) is 9.80 Å². The normalized spacial score (nSPS) is 13.2. The van der Waals surface area contributed by atoms with Crippen LogP contribution in [0.15, 0.2) is 64.4 Å². The summed E-state index contributed by atoms with van der Waals surface area (Å²) in [6.07, 6.45) is 10.0. The molecule has 0 unspecified atom stereocenters. The SMILES string of the molecule is C=C/C=C(/C(=C\CC)CCCCC)S(=O)(=O)c1ccc(C)cc1. The highest BCUT2D eigenvalue weighted by Gasteiger charge is 2.23. The maximum absolute atomic E-state index is 13.0. The Labute approximate surface area is 141 Å². The van der Waals surface area contributed by atoms with Crippen LogP contribution in [0.1, 0.15) is 51.5 Å². The maximum Gasteiger partial charge on any atom is 0.206 e. The third-order valence-electron chi connectivity index (χ3n) is 3.71. The van der Waals surface area contributed by atoms with Gasteiger partial charge in [-0.1, -0.05) is 63.1 Å². The van der Waals surface area contributed by atoms with Gasteiger partial charge in [-0.25, -0.2) is 8.42 Å². The number of hydrogen-bond acceptors (Lipinski definition) is 2. The third-order valence-corrected chi connectivity index (χ3v) is 5.58. The molecule has 0 amide bonds. The predicted molar refractivity (Wildman–Crippen MR) is 99.2 cm³/mol. The van der Waals surface area contributed by atoms with E-state index in [4.69, 9.17) is 0 Å². The highest BCUT2D eigenvalue weighted by Crippen LogP contribution is 2.29. The topological polar surface area (TPSA) is 34.1 Å². The van der Waals surface area contributed by atoms with Crippen molar-refractivity contribution in [2.24, 2.45) is 0 Å². The van der Waals surface area contributed by atoms with Crippen molar-refractivity contribution in [2.75, 3.05) is 0 Å². The average Bonchev–Trinajstić information content (AvgIpc) is 2.52. The van der Waals surface area contributed by atoms with Crippen molar-refractivity contribution in [3.63, 3.8) is 0 Å². The van der Waals surface area contributed by atoms with E-state index in [-0.39, 0.29) is 0 Å². The summed E-state index contributed by atoms with van der Waals surface area (Å²) in [4.78, 5) is 0.725. The van der Waals surface area contributed by atoms with Gasteiger partial charge in [-0.05, 0) is 50.0 Å². The second kappa shape index (κ2) is 9.51. The summed E-state index contributed by atoms with van der Waals surface area (Å²) in [7, 11) is -3.52. The van der Waals surface area contributed by atoms with Crippen LogP contribution in [-0.2, 0) is 9.84 Å². The Morgan fingerprint density at radius 3 is 2.30 bits per heavy atom. The van der Waals surface area contributed by atoms with Crippen LogP contribution < -0.4 is 0 Å². The van der Waals surface area contributed by atoms with E-state index in [0.29, 0.717) is 9.80 Å². The van der Waals surface area contributed by atoms with Gasteiger partial charge < -0.3 is 0 Å². The molecule has 2 nitrogen and oxygen atoms in total. The van der Waals surface area contributed by atoms with Gasteiger partial charge in [0.25, 0.3) is 0 Å². The van der Waals surface area contributed by atoms with Crippen LogP contribution in [0.4, 0.5) is 0 Å². The molecule has 0 aliphatic rings. The van der Waals surface area contributed by atoms with Crippen LogP contribution in [0.5, 0.6) is 0 Å². The average molecular weight is 333 g/mol. The molecule has 0 radical (unpaired) electrons. The molecule has 0 bridgehead atoms. The molecule has 1 aromatic carbocycles. The molecule has 0 aromatic heterocycles. The van der Waals surface area contributed by atoms with Crippen LogP contribution >= 0.6 is 0 Å². The molecule has 23 heavy (non-hydrogen) atoms. The molecule has 0 aliphatic carbocycles. The van der Waals surface area contributed by atoms with Crippen LogP contribution in [0.25, 0.3) is 0 Å². The number of allylic oxidation sites excluding steroid dienone is 4. The number of aryl methyl sites for hydroxylation is 1. The minimum Gasteiger partial charge on any atom is -0.219 e. The molecule has 0 fully saturated rings. The summed E-state index contributed by atoms with van der Waals surface area (Å²) >= 11 is 0. The molecule has 0 spiro atoms. The molecule has 1 aromatic rings. The van der Waals surface area contributed by atoms with Crippen LogP contribution in [0.3, 0.4) is 0 Å². The second-order valence-electron chi connectivity index (χ2n) is 5.68. The largest absolute Gasteiger partial charge is 0.219 e. The van der Waals surface area contributed by atoms with Gasteiger partial charge in [-0.15, -0.1) is 0 Å². The van der Waals surface area contributed by atoms with Crippen molar-refractivity contribution in [2.45, 2.75) is 57.8 Å². The standard InChI is InChI=1S/C20H28O2S/c1-5-8-9-12-18(10-6-2)20(11-7-3)23(21,22)19-15-13-17(4)14-16-19/h7,10-11,13-16H,3,5-6,8-9,12H2,1-2,4H3/b18-10-,20-11-. The Morgan fingerprint density at radius 2 is 1.78 bits per heavy atom. The highest BCUT2D eigenvalue weighted by atomic mass is 32.2. The molecule has 3 heteroatoms. The minimum atomic E-state index is -3.52. The zero-order chi connectivity index (χ0) is 17.3. The lowest BCUT2D eigenvalue weighted by atomic mass is 10.1. The van der Waals surface area contributed by atoms with Crippen LogP contribution in [-0.4, -0.2) is 8.42 Å². The van der Waals surface area contributed by atoms with E-state index < -0.39 is 9.84 Å². The summed E-state index contributed by atoms with van der Waals surface area (Å²) in [6.45, 7) is 9.82. The Balaban J connectivity index is 3.26. The summed E-state index contributed by atoms with van der Waals surface area (Å²) in [6, 6.07) is 7.02. The smallest absolute Gasteiger partial charge is 0.206 e. The number of benzene rings is 1. The molecule has 0 N–H and O–H groups in total. The fourth-order valence-electron chi connectivity index (χ4n) is 2.46. The van der Waals surface area contributed by atoms with Crippen molar-refractivity contribution in [1.29, 1.82) is 0 Å². The molecule has 0 aliphatic heterocycles. The lowest BCUT2D eigenvalue weighted by molar-refractivity contribution is 0.601.